The van der Waals surface area contributed by atoms with E-state index in [4.69, 9.17) is 52.2 Å². The van der Waals surface area contributed by atoms with Crippen LogP contribution in [0.15, 0.2) is 6.33 Å². The smallest absolute Gasteiger partial charge is 0.328 e. The van der Waals surface area contributed by atoms with Gasteiger partial charge >= 0.3 is 6.72 Å². The summed E-state index contributed by atoms with van der Waals surface area (Å²) in [6.07, 6.45) is -2.24. The van der Waals surface area contributed by atoms with Crippen molar-refractivity contribution in [3.8, 4) is 5.88 Å². The molecule has 2 N–H and O–H groups in total. The Kier molecular flexibility index (Phi) is 5.48. The third kappa shape index (κ3) is 3.71. The lowest BCUT2D eigenvalue weighted by Gasteiger charge is -2.35. The lowest BCUT2D eigenvalue weighted by molar-refractivity contribution is -0.0635. The van der Waals surface area contributed by atoms with Crippen molar-refractivity contribution in [2.75, 3.05) is 18.9 Å². The van der Waals surface area contributed by atoms with E-state index in [-0.39, 0.29) is 30.2 Å². The van der Waals surface area contributed by atoms with Crippen LogP contribution < -0.4 is 10.5 Å². The van der Waals surface area contributed by atoms with Crippen LogP contribution in [0.2, 0.25) is 0 Å². The van der Waals surface area contributed by atoms with E-state index in [0.717, 1.165) is 0 Å². The maximum absolute atomic E-state index is 15.8. The Morgan fingerprint density at radius 2 is 2.28 bits per heavy atom. The number of ether oxygens (including phenoxy) is 2. The highest BCUT2D eigenvalue weighted by Crippen LogP contribution is 2.61. The van der Waals surface area contributed by atoms with Crippen molar-refractivity contribution in [2.45, 2.75) is 50.4 Å². The van der Waals surface area contributed by atoms with Gasteiger partial charge in [-0.3, -0.25) is 9.09 Å². The molecule has 2 saturated heterocycles. The van der Waals surface area contributed by atoms with Crippen LogP contribution in [0.1, 0.15) is 27.0 Å². The zero-order chi connectivity index (χ0) is 21.0. The van der Waals surface area contributed by atoms with Crippen LogP contribution in [0, 0.1) is 0 Å². The number of halogens is 2. The van der Waals surface area contributed by atoms with Crippen LogP contribution in [-0.2, 0) is 30.1 Å². The molecule has 14 heteroatoms. The molecular formula is C15H20ClFN5O5PS. The van der Waals surface area contributed by atoms with Gasteiger partial charge in [0.15, 0.2) is 17.4 Å². The number of anilines is 1. The first kappa shape index (κ1) is 21.1. The van der Waals surface area contributed by atoms with Gasteiger partial charge in [0.25, 0.3) is 5.13 Å². The minimum absolute atomic E-state index is 0.0164. The third-order valence-electron chi connectivity index (χ3n) is 4.27. The summed E-state index contributed by atoms with van der Waals surface area (Å²) in [5.74, 6) is 0.126. The molecule has 10 nitrogen and oxygen atoms in total. The van der Waals surface area contributed by atoms with E-state index in [1.807, 2.05) is 0 Å². The SMILES string of the molecule is CCOc1nc(N)nc2c1ncn2[C@@H]1O[C@@H]2COP(=S)(OC(C)C)O[C@H]2[C@]1(F)Cl. The number of hydrogen-bond donors (Lipinski definition) is 1. The highest BCUT2D eigenvalue weighted by Gasteiger charge is 2.62. The molecule has 2 aromatic rings. The summed E-state index contributed by atoms with van der Waals surface area (Å²) in [6, 6.07) is 0. The number of imidazole rings is 1. The molecule has 5 atom stereocenters. The standard InChI is InChI=1S/C15H20ClFN5O5PS/c1-4-23-12-9-11(20-14(18)21-12)22(6-19-9)13-15(16,17)10-8(25-13)5-24-28(29,27-10)26-7(2)3/h6-8,10,13H,4-5H2,1-3H3,(H2,18,20,21)/t8-,10-,13-,15-,28?/m1/s1. The predicted molar refractivity (Wildman–Crippen MR) is 106 cm³/mol. The van der Waals surface area contributed by atoms with Crippen LogP contribution in [-0.4, -0.2) is 56.2 Å². The average Bonchev–Trinajstić information content (AvgIpc) is 3.13. The minimum Gasteiger partial charge on any atom is -0.476 e. The van der Waals surface area contributed by atoms with Crippen LogP contribution in [0.3, 0.4) is 0 Å². The number of nitrogens with zero attached hydrogens (tertiary/aromatic N) is 4. The number of alkyl halides is 2. The Morgan fingerprint density at radius 3 is 2.97 bits per heavy atom. The molecule has 4 heterocycles. The predicted octanol–water partition coefficient (Wildman–Crippen LogP) is 2.67. The largest absolute Gasteiger partial charge is 0.476 e. The molecule has 2 aromatic heterocycles. The third-order valence-corrected chi connectivity index (χ3v) is 7.13. The molecule has 0 aromatic carbocycles. The van der Waals surface area contributed by atoms with Crippen molar-refractivity contribution in [2.24, 2.45) is 0 Å². The number of aromatic nitrogens is 4. The molecule has 1 unspecified atom stereocenters. The molecule has 0 aliphatic carbocycles. The molecule has 2 fully saturated rings. The van der Waals surface area contributed by atoms with E-state index < -0.39 is 30.3 Å². The summed E-state index contributed by atoms with van der Waals surface area (Å²) >= 11 is 11.6. The van der Waals surface area contributed by atoms with Crippen molar-refractivity contribution in [1.82, 2.24) is 19.5 Å². The van der Waals surface area contributed by atoms with Gasteiger partial charge in [-0.1, -0.05) is 11.6 Å². The molecule has 0 radical (unpaired) electrons. The van der Waals surface area contributed by atoms with Gasteiger partial charge in [0.05, 0.1) is 25.6 Å². The number of hydrogen-bond acceptors (Lipinski definition) is 10. The van der Waals surface area contributed by atoms with Crippen molar-refractivity contribution in [3.05, 3.63) is 6.33 Å². The number of nitrogen functional groups attached to an aromatic ring is 1. The summed E-state index contributed by atoms with van der Waals surface area (Å²) in [7, 11) is 0. The van der Waals surface area contributed by atoms with E-state index in [2.05, 4.69) is 15.0 Å². The Bertz CT molecular complexity index is 978. The van der Waals surface area contributed by atoms with Crippen molar-refractivity contribution >= 4 is 47.2 Å². The van der Waals surface area contributed by atoms with Crippen LogP contribution in [0.5, 0.6) is 5.88 Å². The molecule has 29 heavy (non-hydrogen) atoms. The quantitative estimate of drug-likeness (QED) is 0.519. The highest BCUT2D eigenvalue weighted by molar-refractivity contribution is 8.07. The van der Waals surface area contributed by atoms with Gasteiger partial charge in [-0.2, -0.15) is 9.97 Å². The van der Waals surface area contributed by atoms with Gasteiger partial charge in [-0.25, -0.2) is 9.37 Å². The van der Waals surface area contributed by atoms with E-state index in [1.165, 1.54) is 10.9 Å². The van der Waals surface area contributed by atoms with Crippen LogP contribution >= 0.6 is 18.3 Å². The molecular weight excluding hydrogens is 448 g/mol. The molecule has 0 bridgehead atoms. The first-order valence-corrected chi connectivity index (χ1v) is 11.9. The van der Waals surface area contributed by atoms with Gasteiger partial charge < -0.3 is 24.3 Å². The maximum Gasteiger partial charge on any atom is 0.328 e. The first-order valence-electron chi connectivity index (χ1n) is 8.92. The summed E-state index contributed by atoms with van der Waals surface area (Å²) in [5.41, 5.74) is 6.28. The zero-order valence-corrected chi connectivity index (χ0v) is 18.3. The highest BCUT2D eigenvalue weighted by atomic mass is 35.5. The van der Waals surface area contributed by atoms with Gasteiger partial charge in [0, 0.05) is 0 Å². The Hall–Kier alpha value is -1.14. The number of nitrogens with two attached hydrogens (primary N) is 1. The van der Waals surface area contributed by atoms with Crippen molar-refractivity contribution in [3.63, 3.8) is 0 Å². The topological polar surface area (TPSA) is 116 Å². The Morgan fingerprint density at radius 1 is 1.52 bits per heavy atom. The van der Waals surface area contributed by atoms with Gasteiger partial charge in [-0.05, 0) is 32.6 Å². The van der Waals surface area contributed by atoms with Gasteiger partial charge in [0.2, 0.25) is 11.8 Å². The fourth-order valence-electron chi connectivity index (χ4n) is 3.20. The summed E-state index contributed by atoms with van der Waals surface area (Å²) in [6.45, 7) is 2.52. The normalized spacial score (nSPS) is 34.6. The molecule has 2 aliphatic rings. The van der Waals surface area contributed by atoms with E-state index in [0.29, 0.717) is 12.1 Å². The maximum atomic E-state index is 15.8. The second kappa shape index (κ2) is 7.52. The Labute approximate surface area is 176 Å². The molecule has 2 aliphatic heterocycles. The minimum atomic E-state index is -3.16. The van der Waals surface area contributed by atoms with E-state index in [1.54, 1.807) is 20.8 Å². The fraction of sp³-hybridized carbons (Fsp3) is 0.667. The van der Waals surface area contributed by atoms with Crippen LogP contribution in [0.25, 0.3) is 11.2 Å². The second-order valence-electron chi connectivity index (χ2n) is 6.77. The van der Waals surface area contributed by atoms with Crippen molar-refractivity contribution in [1.29, 1.82) is 0 Å². The molecule has 4 rings (SSSR count). The lowest BCUT2D eigenvalue weighted by atomic mass is 10.1. The summed E-state index contributed by atoms with van der Waals surface area (Å²) in [4.78, 5) is 12.4. The average molecular weight is 468 g/mol. The zero-order valence-electron chi connectivity index (χ0n) is 15.8. The molecule has 0 amide bonds. The fourth-order valence-corrected chi connectivity index (χ4v) is 6.16. The molecule has 160 valence electrons. The van der Waals surface area contributed by atoms with E-state index in [9.17, 15) is 0 Å². The number of fused-ring (bicyclic) bond motifs is 2. The summed E-state index contributed by atoms with van der Waals surface area (Å²) < 4.78 is 45.1. The van der Waals surface area contributed by atoms with Crippen molar-refractivity contribution < 1.29 is 27.4 Å². The number of rotatable bonds is 5. The summed E-state index contributed by atoms with van der Waals surface area (Å²) in [5, 5.41) is -2.49. The second-order valence-corrected chi connectivity index (χ2v) is 10.3. The lowest BCUT2D eigenvalue weighted by Crippen LogP contribution is -2.43. The molecule has 0 spiro atoms. The molecule has 0 saturated carbocycles. The first-order chi connectivity index (χ1) is 13.6. The van der Waals surface area contributed by atoms with Gasteiger partial charge in [0.1, 0.15) is 12.2 Å². The van der Waals surface area contributed by atoms with Crippen LogP contribution in [0.4, 0.5) is 10.3 Å². The Balaban J connectivity index is 1.70. The van der Waals surface area contributed by atoms with E-state index >= 15 is 4.39 Å². The monoisotopic (exact) mass is 467 g/mol. The van der Waals surface area contributed by atoms with Gasteiger partial charge in [-0.15, -0.1) is 0 Å².